The van der Waals surface area contributed by atoms with E-state index in [1.165, 1.54) is 4.90 Å². The van der Waals surface area contributed by atoms with E-state index in [1.54, 1.807) is 11.8 Å². The molecule has 0 heterocycles. The number of rotatable bonds is 3. The van der Waals surface area contributed by atoms with Gasteiger partial charge in [0.1, 0.15) is 0 Å². The zero-order chi connectivity index (χ0) is 9.84. The second-order valence-electron chi connectivity index (χ2n) is 2.97. The van der Waals surface area contributed by atoms with Gasteiger partial charge in [-0.15, -0.1) is 11.8 Å². The second-order valence-corrected chi connectivity index (χ2v) is 4.26. The van der Waals surface area contributed by atoms with E-state index in [4.69, 9.17) is 16.7 Å². The van der Waals surface area contributed by atoms with Crippen LogP contribution in [0.1, 0.15) is 18.4 Å². The minimum atomic E-state index is 0.111. The molecule has 0 aromatic heterocycles. The van der Waals surface area contributed by atoms with Crippen molar-refractivity contribution in [2.75, 3.05) is 12.9 Å². The van der Waals surface area contributed by atoms with Gasteiger partial charge in [-0.3, -0.25) is 0 Å². The van der Waals surface area contributed by atoms with Gasteiger partial charge in [-0.05, 0) is 30.0 Å². The maximum absolute atomic E-state index is 9.01. The largest absolute Gasteiger partial charge is 0.396 e. The topological polar surface area (TPSA) is 20.2 Å². The standard InChI is InChI=1S/C10H13ClOS/c1-7(6-12)9-5-8(13-2)3-4-10(9)11/h3-5,7,12H,6H2,1-2H3. The number of hydrogen-bond acceptors (Lipinski definition) is 2. The number of thioether (sulfide) groups is 1. The molecule has 0 aliphatic heterocycles. The fourth-order valence-corrected chi connectivity index (χ4v) is 1.88. The predicted molar refractivity (Wildman–Crippen MR) is 58.7 cm³/mol. The summed E-state index contributed by atoms with van der Waals surface area (Å²) in [5, 5.41) is 9.75. The Kier molecular flexibility index (Phi) is 4.10. The molecule has 72 valence electrons. The van der Waals surface area contributed by atoms with E-state index in [2.05, 4.69) is 0 Å². The third-order valence-electron chi connectivity index (χ3n) is 2.01. The van der Waals surface area contributed by atoms with Crippen LogP contribution in [0.25, 0.3) is 0 Å². The van der Waals surface area contributed by atoms with Crippen molar-refractivity contribution < 1.29 is 5.11 Å². The lowest BCUT2D eigenvalue weighted by Crippen LogP contribution is -1.99. The minimum Gasteiger partial charge on any atom is -0.396 e. The summed E-state index contributed by atoms with van der Waals surface area (Å²) in [6.07, 6.45) is 2.02. The van der Waals surface area contributed by atoms with Gasteiger partial charge in [-0.2, -0.15) is 0 Å². The van der Waals surface area contributed by atoms with Gasteiger partial charge in [-0.1, -0.05) is 18.5 Å². The molecule has 0 bridgehead atoms. The molecule has 0 amide bonds. The Morgan fingerprint density at radius 2 is 2.23 bits per heavy atom. The van der Waals surface area contributed by atoms with Crippen molar-refractivity contribution in [2.45, 2.75) is 17.7 Å². The molecule has 0 aliphatic carbocycles. The van der Waals surface area contributed by atoms with E-state index >= 15 is 0 Å². The van der Waals surface area contributed by atoms with Gasteiger partial charge in [-0.25, -0.2) is 0 Å². The Balaban J connectivity index is 3.03. The van der Waals surface area contributed by atoms with Crippen molar-refractivity contribution in [1.82, 2.24) is 0 Å². The molecular formula is C10H13ClOS. The third kappa shape index (κ3) is 2.63. The Morgan fingerprint density at radius 1 is 1.54 bits per heavy atom. The Bertz CT molecular complexity index is 288. The SMILES string of the molecule is CSc1ccc(Cl)c(C(C)CO)c1. The highest BCUT2D eigenvalue weighted by molar-refractivity contribution is 7.98. The van der Waals surface area contributed by atoms with E-state index in [0.717, 1.165) is 10.6 Å². The van der Waals surface area contributed by atoms with Crippen molar-refractivity contribution in [3.05, 3.63) is 28.8 Å². The zero-order valence-electron chi connectivity index (χ0n) is 7.75. The van der Waals surface area contributed by atoms with Crippen LogP contribution in [0.2, 0.25) is 5.02 Å². The van der Waals surface area contributed by atoms with E-state index in [9.17, 15) is 0 Å². The van der Waals surface area contributed by atoms with Gasteiger partial charge in [0.05, 0.1) is 0 Å². The van der Waals surface area contributed by atoms with Crippen LogP contribution < -0.4 is 0 Å². The number of aliphatic hydroxyl groups is 1. The van der Waals surface area contributed by atoms with Gasteiger partial charge in [0, 0.05) is 22.4 Å². The maximum atomic E-state index is 9.01. The van der Waals surface area contributed by atoms with E-state index in [0.29, 0.717) is 0 Å². The summed E-state index contributed by atoms with van der Waals surface area (Å²) in [6.45, 7) is 2.10. The van der Waals surface area contributed by atoms with Crippen LogP contribution in [0.4, 0.5) is 0 Å². The smallest absolute Gasteiger partial charge is 0.0497 e. The fourth-order valence-electron chi connectivity index (χ4n) is 1.12. The lowest BCUT2D eigenvalue weighted by atomic mass is 10.0. The summed E-state index contributed by atoms with van der Waals surface area (Å²) >= 11 is 7.69. The first-order valence-electron chi connectivity index (χ1n) is 4.13. The molecule has 0 saturated heterocycles. The highest BCUT2D eigenvalue weighted by atomic mass is 35.5. The van der Waals surface area contributed by atoms with E-state index in [-0.39, 0.29) is 12.5 Å². The van der Waals surface area contributed by atoms with Crippen molar-refractivity contribution >= 4 is 23.4 Å². The van der Waals surface area contributed by atoms with Crippen molar-refractivity contribution in [1.29, 1.82) is 0 Å². The summed E-state index contributed by atoms with van der Waals surface area (Å²) in [5.74, 6) is 0.111. The fraction of sp³-hybridized carbons (Fsp3) is 0.400. The Morgan fingerprint density at radius 3 is 2.77 bits per heavy atom. The van der Waals surface area contributed by atoms with Crippen LogP contribution in [-0.2, 0) is 0 Å². The summed E-state index contributed by atoms with van der Waals surface area (Å²) in [6, 6.07) is 5.91. The third-order valence-corrected chi connectivity index (χ3v) is 3.08. The van der Waals surface area contributed by atoms with Gasteiger partial charge >= 0.3 is 0 Å². The second kappa shape index (κ2) is 4.89. The summed E-state index contributed by atoms with van der Waals surface area (Å²) in [7, 11) is 0. The molecular weight excluding hydrogens is 204 g/mol. The summed E-state index contributed by atoms with van der Waals surface area (Å²) in [5.41, 5.74) is 1.02. The molecule has 0 saturated carbocycles. The van der Waals surface area contributed by atoms with Crippen molar-refractivity contribution in [3.63, 3.8) is 0 Å². The zero-order valence-corrected chi connectivity index (χ0v) is 9.32. The predicted octanol–water partition coefficient (Wildman–Crippen LogP) is 3.16. The summed E-state index contributed by atoms with van der Waals surface area (Å²) < 4.78 is 0. The van der Waals surface area contributed by atoms with Gasteiger partial charge in [0.2, 0.25) is 0 Å². The molecule has 0 aliphatic rings. The van der Waals surface area contributed by atoms with Crippen molar-refractivity contribution in [2.24, 2.45) is 0 Å². The normalized spacial score (nSPS) is 12.9. The average Bonchev–Trinajstić information content (AvgIpc) is 2.17. The van der Waals surface area contributed by atoms with Gasteiger partial charge < -0.3 is 5.11 Å². The van der Waals surface area contributed by atoms with Crippen LogP contribution in [0.5, 0.6) is 0 Å². The van der Waals surface area contributed by atoms with Crippen LogP contribution in [0, 0.1) is 0 Å². The van der Waals surface area contributed by atoms with Crippen LogP contribution in [0.3, 0.4) is 0 Å². The number of aliphatic hydroxyl groups excluding tert-OH is 1. The molecule has 3 heteroatoms. The molecule has 1 N–H and O–H groups in total. The highest BCUT2D eigenvalue weighted by Gasteiger charge is 2.08. The molecule has 1 nitrogen and oxygen atoms in total. The minimum absolute atomic E-state index is 0.111. The first kappa shape index (κ1) is 10.9. The molecule has 1 atom stereocenters. The maximum Gasteiger partial charge on any atom is 0.0497 e. The van der Waals surface area contributed by atoms with E-state index < -0.39 is 0 Å². The highest BCUT2D eigenvalue weighted by Crippen LogP contribution is 2.28. The van der Waals surface area contributed by atoms with Crippen molar-refractivity contribution in [3.8, 4) is 0 Å². The molecule has 0 fully saturated rings. The molecule has 1 aromatic rings. The monoisotopic (exact) mass is 216 g/mol. The Hall–Kier alpha value is -0.180. The molecule has 0 radical (unpaired) electrons. The van der Waals surface area contributed by atoms with E-state index in [1.807, 2.05) is 31.4 Å². The van der Waals surface area contributed by atoms with Gasteiger partial charge in [0.15, 0.2) is 0 Å². The first-order chi connectivity index (χ1) is 6.19. The molecule has 1 rings (SSSR count). The lowest BCUT2D eigenvalue weighted by Gasteiger charge is -2.11. The number of hydrogen-bond donors (Lipinski definition) is 1. The average molecular weight is 217 g/mol. The van der Waals surface area contributed by atoms with Gasteiger partial charge in [0.25, 0.3) is 0 Å². The molecule has 1 aromatic carbocycles. The quantitative estimate of drug-likeness (QED) is 0.784. The number of benzene rings is 1. The van der Waals surface area contributed by atoms with Crippen LogP contribution in [-0.4, -0.2) is 18.0 Å². The number of halogens is 1. The molecule has 1 unspecified atom stereocenters. The summed E-state index contributed by atoms with van der Waals surface area (Å²) in [4.78, 5) is 1.18. The Labute approximate surface area is 88.1 Å². The van der Waals surface area contributed by atoms with Crippen LogP contribution in [0.15, 0.2) is 23.1 Å². The van der Waals surface area contributed by atoms with Crippen LogP contribution >= 0.6 is 23.4 Å². The lowest BCUT2D eigenvalue weighted by molar-refractivity contribution is 0.273. The molecule has 0 spiro atoms. The molecule has 13 heavy (non-hydrogen) atoms. The first-order valence-corrected chi connectivity index (χ1v) is 5.73.